The molecule has 0 amide bonds. The topological polar surface area (TPSA) is 58.3 Å². The highest BCUT2D eigenvalue weighted by Crippen LogP contribution is 2.09. The molecule has 0 heterocycles. The van der Waals surface area contributed by atoms with Crippen LogP contribution in [0.1, 0.15) is 5.56 Å². The lowest BCUT2D eigenvalue weighted by molar-refractivity contribution is -0.00000326. The molecule has 0 aliphatic rings. The standard InChI is InChI=1S/C7H10N2O.ClH/c8-9-5-6-2-1-3-7(10)4-6;/h1-4,9-10H,5,8H2;1H/p-1. The number of aromatic hydroxyl groups is 1. The van der Waals surface area contributed by atoms with E-state index >= 15 is 0 Å². The molecule has 1 aromatic rings. The maximum atomic E-state index is 8.97. The highest BCUT2D eigenvalue weighted by Gasteiger charge is 1.90. The summed E-state index contributed by atoms with van der Waals surface area (Å²) in [4.78, 5) is 0. The number of rotatable bonds is 2. The molecule has 0 saturated heterocycles. The van der Waals surface area contributed by atoms with Crippen molar-refractivity contribution < 1.29 is 17.5 Å². The summed E-state index contributed by atoms with van der Waals surface area (Å²) in [5, 5.41) is 8.97. The predicted octanol–water partition coefficient (Wildman–Crippen LogP) is -2.64. The highest BCUT2D eigenvalue weighted by molar-refractivity contribution is 5.26. The number of nitrogens with two attached hydrogens (primary N) is 1. The summed E-state index contributed by atoms with van der Waals surface area (Å²) < 4.78 is 0. The predicted molar refractivity (Wildman–Crippen MR) is 39.1 cm³/mol. The van der Waals surface area contributed by atoms with Crippen LogP contribution in [-0.4, -0.2) is 5.11 Å². The maximum absolute atomic E-state index is 8.97. The molecule has 0 unspecified atom stereocenters. The van der Waals surface area contributed by atoms with Crippen LogP contribution in [0.2, 0.25) is 0 Å². The molecule has 0 radical (unpaired) electrons. The van der Waals surface area contributed by atoms with E-state index < -0.39 is 0 Å². The van der Waals surface area contributed by atoms with Crippen molar-refractivity contribution in [2.75, 3.05) is 0 Å². The van der Waals surface area contributed by atoms with Gasteiger partial charge in [0.15, 0.2) is 0 Å². The van der Waals surface area contributed by atoms with E-state index in [1.807, 2.05) is 6.07 Å². The zero-order valence-corrected chi connectivity index (χ0v) is 6.67. The van der Waals surface area contributed by atoms with Gasteiger partial charge in [-0.2, -0.15) is 0 Å². The Hall–Kier alpha value is -0.770. The van der Waals surface area contributed by atoms with E-state index in [-0.39, 0.29) is 18.2 Å². The van der Waals surface area contributed by atoms with Crippen LogP contribution >= 0.6 is 0 Å². The molecule has 0 aliphatic heterocycles. The van der Waals surface area contributed by atoms with Gasteiger partial charge in [0, 0.05) is 6.54 Å². The minimum Gasteiger partial charge on any atom is -1.00 e. The average molecular weight is 174 g/mol. The molecule has 1 rings (SSSR count). The van der Waals surface area contributed by atoms with Crippen molar-refractivity contribution in [3.63, 3.8) is 0 Å². The Bertz CT molecular complexity index is 217. The fourth-order valence-corrected chi connectivity index (χ4v) is 0.784. The number of benzene rings is 1. The van der Waals surface area contributed by atoms with Gasteiger partial charge in [0.25, 0.3) is 0 Å². The van der Waals surface area contributed by atoms with Gasteiger partial charge in [-0.25, -0.2) is 0 Å². The SMILES string of the molecule is NNCc1cccc(O)c1.[Cl-]. The fraction of sp³-hybridized carbons (Fsp3) is 0.143. The molecule has 62 valence electrons. The third-order valence-electron chi connectivity index (χ3n) is 1.22. The lowest BCUT2D eigenvalue weighted by Crippen LogP contribution is -3.00. The van der Waals surface area contributed by atoms with Crippen LogP contribution in [0.3, 0.4) is 0 Å². The summed E-state index contributed by atoms with van der Waals surface area (Å²) >= 11 is 0. The van der Waals surface area contributed by atoms with Crippen molar-refractivity contribution in [1.29, 1.82) is 0 Å². The molecule has 0 aliphatic carbocycles. The minimum absolute atomic E-state index is 0. The van der Waals surface area contributed by atoms with Gasteiger partial charge in [0.1, 0.15) is 5.75 Å². The number of halogens is 1. The number of phenolic OH excluding ortho intramolecular Hbond substituents is 1. The van der Waals surface area contributed by atoms with Gasteiger partial charge in [0.05, 0.1) is 0 Å². The van der Waals surface area contributed by atoms with Crippen LogP contribution < -0.4 is 23.7 Å². The first-order valence-corrected chi connectivity index (χ1v) is 3.04. The first-order chi connectivity index (χ1) is 4.83. The lowest BCUT2D eigenvalue weighted by atomic mass is 10.2. The van der Waals surface area contributed by atoms with Crippen LogP contribution in [0.4, 0.5) is 0 Å². The van der Waals surface area contributed by atoms with Crippen LogP contribution in [0, 0.1) is 0 Å². The Balaban J connectivity index is 0.000001000. The van der Waals surface area contributed by atoms with Gasteiger partial charge >= 0.3 is 0 Å². The summed E-state index contributed by atoms with van der Waals surface area (Å²) in [6.07, 6.45) is 0. The van der Waals surface area contributed by atoms with Gasteiger partial charge < -0.3 is 17.5 Å². The Labute approximate surface area is 71.6 Å². The number of nitrogens with one attached hydrogen (secondary N) is 1. The summed E-state index contributed by atoms with van der Waals surface area (Å²) in [7, 11) is 0. The van der Waals surface area contributed by atoms with Crippen LogP contribution in [0.15, 0.2) is 24.3 Å². The number of hydrogen-bond acceptors (Lipinski definition) is 3. The second kappa shape index (κ2) is 4.96. The van der Waals surface area contributed by atoms with Gasteiger partial charge in [-0.1, -0.05) is 12.1 Å². The fourth-order valence-electron chi connectivity index (χ4n) is 0.784. The monoisotopic (exact) mass is 173 g/mol. The molecule has 0 bridgehead atoms. The molecule has 4 heteroatoms. The van der Waals surface area contributed by atoms with Crippen molar-refractivity contribution in [2.24, 2.45) is 5.84 Å². The maximum Gasteiger partial charge on any atom is 0.115 e. The molecule has 3 nitrogen and oxygen atoms in total. The van der Waals surface area contributed by atoms with Crippen LogP contribution in [-0.2, 0) is 6.54 Å². The first kappa shape index (κ1) is 10.2. The molecule has 4 N–H and O–H groups in total. The van der Waals surface area contributed by atoms with Gasteiger partial charge in [0.2, 0.25) is 0 Å². The van der Waals surface area contributed by atoms with E-state index in [1.54, 1.807) is 18.2 Å². The number of hydrogen-bond donors (Lipinski definition) is 3. The molecule has 0 fully saturated rings. The average Bonchev–Trinajstić information content (AvgIpc) is 1.88. The van der Waals surface area contributed by atoms with Crippen molar-refractivity contribution in [2.45, 2.75) is 6.54 Å². The number of phenols is 1. The molecule has 1 aromatic carbocycles. The van der Waals surface area contributed by atoms with Gasteiger partial charge in [-0.3, -0.25) is 11.3 Å². The Kier molecular flexibility index (Phi) is 4.61. The van der Waals surface area contributed by atoms with Crippen LogP contribution in [0.25, 0.3) is 0 Å². The second-order valence-electron chi connectivity index (χ2n) is 2.05. The van der Waals surface area contributed by atoms with E-state index in [1.165, 1.54) is 0 Å². The normalized spacial score (nSPS) is 8.82. The molecule has 11 heavy (non-hydrogen) atoms. The first-order valence-electron chi connectivity index (χ1n) is 3.04. The molecular weight excluding hydrogens is 164 g/mol. The molecule has 0 atom stereocenters. The van der Waals surface area contributed by atoms with Crippen molar-refractivity contribution in [1.82, 2.24) is 5.43 Å². The summed E-state index contributed by atoms with van der Waals surface area (Å²) in [6.45, 7) is 0.578. The zero-order chi connectivity index (χ0) is 7.40. The third kappa shape index (κ3) is 3.23. The second-order valence-corrected chi connectivity index (χ2v) is 2.05. The largest absolute Gasteiger partial charge is 1.00 e. The van der Waals surface area contributed by atoms with E-state index in [9.17, 15) is 0 Å². The summed E-state index contributed by atoms with van der Waals surface area (Å²) in [5.41, 5.74) is 3.47. The molecular formula is C7H10ClN2O-. The third-order valence-corrected chi connectivity index (χ3v) is 1.22. The summed E-state index contributed by atoms with van der Waals surface area (Å²) in [5.74, 6) is 5.35. The van der Waals surface area contributed by atoms with E-state index in [2.05, 4.69) is 5.43 Å². The van der Waals surface area contributed by atoms with E-state index in [0.29, 0.717) is 6.54 Å². The quantitative estimate of drug-likeness (QED) is 0.339. The Morgan fingerprint density at radius 1 is 1.45 bits per heavy atom. The van der Waals surface area contributed by atoms with E-state index in [4.69, 9.17) is 10.9 Å². The van der Waals surface area contributed by atoms with Gasteiger partial charge in [-0.05, 0) is 17.7 Å². The highest BCUT2D eigenvalue weighted by atomic mass is 35.5. The smallest absolute Gasteiger partial charge is 0.115 e. The number of hydrazine groups is 1. The summed E-state index contributed by atoms with van der Waals surface area (Å²) in [6, 6.07) is 6.96. The van der Waals surface area contributed by atoms with Crippen molar-refractivity contribution in [3.05, 3.63) is 29.8 Å². The van der Waals surface area contributed by atoms with Crippen LogP contribution in [0.5, 0.6) is 5.75 Å². The van der Waals surface area contributed by atoms with Crippen molar-refractivity contribution in [3.8, 4) is 5.75 Å². The van der Waals surface area contributed by atoms with E-state index in [0.717, 1.165) is 5.56 Å². The van der Waals surface area contributed by atoms with Gasteiger partial charge in [-0.15, -0.1) is 0 Å². The Morgan fingerprint density at radius 3 is 2.73 bits per heavy atom. The Morgan fingerprint density at radius 2 is 2.18 bits per heavy atom. The minimum atomic E-state index is 0. The van der Waals surface area contributed by atoms with Crippen molar-refractivity contribution >= 4 is 0 Å². The molecule has 0 saturated carbocycles. The lowest BCUT2D eigenvalue weighted by Gasteiger charge is -1.98. The molecule has 0 aromatic heterocycles. The zero-order valence-electron chi connectivity index (χ0n) is 5.92. The molecule has 0 spiro atoms.